The van der Waals surface area contributed by atoms with E-state index in [4.69, 9.17) is 23.2 Å². The zero-order valence-corrected chi connectivity index (χ0v) is 29.2. The maximum Gasteiger partial charge on any atom is 0.264 e. The third-order valence-corrected chi connectivity index (χ3v) is 10.4. The Labute approximate surface area is 288 Å². The molecule has 0 aliphatic carbocycles. The monoisotopic (exact) mass is 777 g/mol. The third-order valence-electron chi connectivity index (χ3n) is 7.16. The number of unbranched alkanes of at least 4 members (excludes halogenated alkanes) is 1. The number of carbonyl (C=O) groups excluding carboxylic acids is 2. The minimum Gasteiger partial charge on any atom is -0.354 e. The molecule has 236 valence electrons. The van der Waals surface area contributed by atoms with Gasteiger partial charge in [-0.15, -0.1) is 0 Å². The molecular weight excluding hydrogens is 744 g/mol. The molecule has 1 atom stereocenters. The molecule has 7 nitrogen and oxygen atoms in total. The van der Waals surface area contributed by atoms with Crippen molar-refractivity contribution < 1.29 is 18.0 Å². The molecule has 0 spiro atoms. The van der Waals surface area contributed by atoms with Crippen LogP contribution >= 0.6 is 45.8 Å². The summed E-state index contributed by atoms with van der Waals surface area (Å²) in [6.45, 7) is 1.94. The van der Waals surface area contributed by atoms with Crippen molar-refractivity contribution in [2.45, 2.75) is 43.7 Å². The molecule has 0 saturated heterocycles. The predicted molar refractivity (Wildman–Crippen MR) is 189 cm³/mol. The Balaban J connectivity index is 1.79. The first kappa shape index (κ1) is 34.7. The largest absolute Gasteiger partial charge is 0.354 e. The number of rotatable bonds is 14. The normalized spacial score (nSPS) is 11.9. The fourth-order valence-electron chi connectivity index (χ4n) is 4.75. The van der Waals surface area contributed by atoms with Gasteiger partial charge in [0.25, 0.3) is 10.0 Å². The van der Waals surface area contributed by atoms with Crippen molar-refractivity contribution in [3.8, 4) is 0 Å². The van der Waals surface area contributed by atoms with Gasteiger partial charge in [0, 0.05) is 23.1 Å². The summed E-state index contributed by atoms with van der Waals surface area (Å²) in [7, 11) is -4.16. The summed E-state index contributed by atoms with van der Waals surface area (Å²) in [6, 6.07) is 28.4. The zero-order valence-electron chi connectivity index (χ0n) is 24.7. The molecule has 0 fully saturated rings. The molecule has 0 aliphatic rings. The van der Waals surface area contributed by atoms with E-state index in [2.05, 4.69) is 27.9 Å². The number of benzene rings is 4. The highest BCUT2D eigenvalue weighted by Gasteiger charge is 2.34. The first-order chi connectivity index (χ1) is 21.6. The minimum absolute atomic E-state index is 0.000330. The van der Waals surface area contributed by atoms with Gasteiger partial charge >= 0.3 is 0 Å². The van der Waals surface area contributed by atoms with Crippen LogP contribution in [0.15, 0.2) is 108 Å². The Morgan fingerprint density at radius 3 is 2.11 bits per heavy atom. The first-order valence-electron chi connectivity index (χ1n) is 14.5. The molecule has 11 heteroatoms. The summed E-state index contributed by atoms with van der Waals surface area (Å²) in [4.78, 5) is 29.8. The van der Waals surface area contributed by atoms with Gasteiger partial charge in [-0.05, 0) is 88.7 Å². The highest BCUT2D eigenvalue weighted by atomic mass is 127. The van der Waals surface area contributed by atoms with E-state index in [0.717, 1.165) is 26.3 Å². The molecule has 2 amide bonds. The Morgan fingerprint density at radius 1 is 0.844 bits per heavy atom. The van der Waals surface area contributed by atoms with Crippen LogP contribution in [-0.2, 0) is 32.6 Å². The Bertz CT molecular complexity index is 1690. The Morgan fingerprint density at radius 2 is 1.49 bits per heavy atom. The lowest BCUT2D eigenvalue weighted by molar-refractivity contribution is -0.140. The SMILES string of the molecule is CCCCNC(=O)C(Cc1ccccc1)N(Cc1ccc(Cl)c(Cl)c1)C(=O)CN(c1ccc(I)cc1)S(=O)(=O)c1ccccc1. The smallest absolute Gasteiger partial charge is 0.264 e. The number of halogens is 3. The summed E-state index contributed by atoms with van der Waals surface area (Å²) in [5.74, 6) is -0.877. The summed E-state index contributed by atoms with van der Waals surface area (Å²) in [5.41, 5.74) is 1.82. The van der Waals surface area contributed by atoms with Crippen LogP contribution < -0.4 is 9.62 Å². The second-order valence-electron chi connectivity index (χ2n) is 10.4. The number of carbonyl (C=O) groups is 2. The molecule has 0 bridgehead atoms. The second-order valence-corrected chi connectivity index (χ2v) is 14.3. The highest BCUT2D eigenvalue weighted by Crippen LogP contribution is 2.27. The lowest BCUT2D eigenvalue weighted by atomic mass is 10.0. The van der Waals surface area contributed by atoms with Gasteiger partial charge in [-0.3, -0.25) is 13.9 Å². The van der Waals surface area contributed by atoms with Crippen molar-refractivity contribution in [1.29, 1.82) is 0 Å². The molecule has 45 heavy (non-hydrogen) atoms. The Hall–Kier alpha value is -3.12. The van der Waals surface area contributed by atoms with E-state index in [1.807, 2.05) is 37.3 Å². The number of hydrogen-bond acceptors (Lipinski definition) is 4. The number of hydrogen-bond donors (Lipinski definition) is 1. The molecule has 0 aromatic heterocycles. The van der Waals surface area contributed by atoms with Gasteiger partial charge in [0.05, 0.1) is 20.6 Å². The van der Waals surface area contributed by atoms with Crippen LogP contribution in [0.1, 0.15) is 30.9 Å². The number of amides is 2. The molecule has 4 aromatic rings. The van der Waals surface area contributed by atoms with E-state index in [1.165, 1.54) is 17.0 Å². The van der Waals surface area contributed by atoms with Gasteiger partial charge < -0.3 is 10.2 Å². The molecule has 4 aromatic carbocycles. The van der Waals surface area contributed by atoms with Gasteiger partial charge in [-0.25, -0.2) is 8.42 Å². The molecule has 4 rings (SSSR count). The predicted octanol–water partition coefficient (Wildman–Crippen LogP) is 7.35. The van der Waals surface area contributed by atoms with E-state index >= 15 is 0 Å². The van der Waals surface area contributed by atoms with Gasteiger partial charge in [0.2, 0.25) is 11.8 Å². The van der Waals surface area contributed by atoms with Crippen LogP contribution in [0.3, 0.4) is 0 Å². The summed E-state index contributed by atoms with van der Waals surface area (Å²) in [5, 5.41) is 3.64. The van der Waals surface area contributed by atoms with Crippen LogP contribution in [0.25, 0.3) is 0 Å². The van der Waals surface area contributed by atoms with Crippen LogP contribution in [0.4, 0.5) is 5.69 Å². The number of sulfonamides is 1. The maximum atomic E-state index is 14.5. The lowest BCUT2D eigenvalue weighted by Crippen LogP contribution is -2.53. The third kappa shape index (κ3) is 9.45. The van der Waals surface area contributed by atoms with E-state index in [9.17, 15) is 18.0 Å². The molecule has 1 unspecified atom stereocenters. The average molecular weight is 779 g/mol. The van der Waals surface area contributed by atoms with Crippen LogP contribution in [0.2, 0.25) is 10.0 Å². The highest BCUT2D eigenvalue weighted by molar-refractivity contribution is 14.1. The first-order valence-corrected chi connectivity index (χ1v) is 17.8. The maximum absolute atomic E-state index is 14.5. The fourth-order valence-corrected chi connectivity index (χ4v) is 6.87. The summed E-state index contributed by atoms with van der Waals surface area (Å²) < 4.78 is 30.1. The summed E-state index contributed by atoms with van der Waals surface area (Å²) in [6.07, 6.45) is 1.89. The zero-order chi connectivity index (χ0) is 32.4. The number of nitrogens with one attached hydrogen (secondary N) is 1. The molecule has 0 heterocycles. The van der Waals surface area contributed by atoms with Crippen molar-refractivity contribution in [3.63, 3.8) is 0 Å². The minimum atomic E-state index is -4.16. The standard InChI is InChI=1S/C34H34Cl2IN3O4S/c1-2-3-20-38-34(42)32(22-25-10-6-4-7-11-25)39(23-26-14-19-30(35)31(36)21-26)33(41)24-40(28-17-15-27(37)16-18-28)45(43,44)29-12-8-5-9-13-29/h4-19,21,32H,2-3,20,22-24H2,1H3,(H,38,42). The van der Waals surface area contributed by atoms with E-state index in [0.29, 0.717) is 27.8 Å². The molecular formula is C34H34Cl2IN3O4S. The van der Waals surface area contributed by atoms with Crippen molar-refractivity contribution in [2.75, 3.05) is 17.4 Å². The molecule has 0 aliphatic heterocycles. The van der Waals surface area contributed by atoms with Crippen molar-refractivity contribution >= 4 is 73.3 Å². The Kier molecular flexibility index (Phi) is 12.7. The van der Waals surface area contributed by atoms with Crippen molar-refractivity contribution in [1.82, 2.24) is 10.2 Å². The van der Waals surface area contributed by atoms with Gasteiger partial charge in [-0.2, -0.15) is 0 Å². The van der Waals surface area contributed by atoms with Crippen molar-refractivity contribution in [3.05, 3.63) is 128 Å². The molecule has 1 N–H and O–H groups in total. The van der Waals surface area contributed by atoms with Crippen molar-refractivity contribution in [2.24, 2.45) is 0 Å². The molecule has 0 radical (unpaired) electrons. The van der Waals surface area contributed by atoms with E-state index in [1.54, 1.807) is 60.7 Å². The topological polar surface area (TPSA) is 86.8 Å². The van der Waals surface area contributed by atoms with Crippen LogP contribution in [-0.4, -0.2) is 44.3 Å². The van der Waals surface area contributed by atoms with E-state index < -0.39 is 28.5 Å². The second kappa shape index (κ2) is 16.4. The van der Waals surface area contributed by atoms with Crippen LogP contribution in [0.5, 0.6) is 0 Å². The number of anilines is 1. The quantitative estimate of drug-likeness (QED) is 0.107. The van der Waals surface area contributed by atoms with Gasteiger partial charge in [0.15, 0.2) is 0 Å². The van der Waals surface area contributed by atoms with E-state index in [-0.39, 0.29) is 23.8 Å². The number of nitrogens with zero attached hydrogens (tertiary/aromatic N) is 2. The van der Waals surface area contributed by atoms with Gasteiger partial charge in [0.1, 0.15) is 12.6 Å². The summed E-state index contributed by atoms with van der Waals surface area (Å²) >= 11 is 14.6. The average Bonchev–Trinajstić information content (AvgIpc) is 3.04. The van der Waals surface area contributed by atoms with Crippen LogP contribution in [0, 0.1) is 3.57 Å². The molecule has 0 saturated carbocycles. The van der Waals surface area contributed by atoms with Gasteiger partial charge in [-0.1, -0.05) is 91.1 Å². The lowest BCUT2D eigenvalue weighted by Gasteiger charge is -2.34. The fraction of sp³-hybridized carbons (Fsp3) is 0.235.